The highest BCUT2D eigenvalue weighted by atomic mass is 19.1. The molecule has 3 N–H and O–H groups in total. The van der Waals surface area contributed by atoms with Gasteiger partial charge in [0.1, 0.15) is 5.82 Å². The number of hydrogen-bond acceptors (Lipinski definition) is 2. The first-order chi connectivity index (χ1) is 13.0. The quantitative estimate of drug-likeness (QED) is 0.742. The van der Waals surface area contributed by atoms with Gasteiger partial charge in [-0.3, -0.25) is 4.79 Å². The number of nitrogens with one attached hydrogen (secondary N) is 3. The van der Waals surface area contributed by atoms with Gasteiger partial charge in [0.15, 0.2) is 0 Å². The van der Waals surface area contributed by atoms with E-state index in [2.05, 4.69) is 22.0 Å². The fraction of sp³-hybridized carbons (Fsp3) is 0.238. The second-order valence-electron chi connectivity index (χ2n) is 6.57. The third kappa shape index (κ3) is 5.41. The summed E-state index contributed by atoms with van der Waals surface area (Å²) in [6.07, 6.45) is 4.47. The summed E-state index contributed by atoms with van der Waals surface area (Å²) in [6, 6.07) is 13.2. The van der Waals surface area contributed by atoms with Crippen molar-refractivity contribution in [2.45, 2.75) is 32.2 Å². The maximum Gasteiger partial charge on any atom is 0.319 e. The number of benzene rings is 2. The lowest BCUT2D eigenvalue weighted by atomic mass is 9.91. The van der Waals surface area contributed by atoms with Gasteiger partial charge < -0.3 is 16.0 Å². The van der Waals surface area contributed by atoms with Gasteiger partial charge in [-0.15, -0.1) is 0 Å². The summed E-state index contributed by atoms with van der Waals surface area (Å²) in [6.45, 7) is 1.43. The molecule has 1 atom stereocenters. The largest absolute Gasteiger partial charge is 0.335 e. The van der Waals surface area contributed by atoms with Crippen molar-refractivity contribution < 1.29 is 14.0 Å². The van der Waals surface area contributed by atoms with Crippen LogP contribution in [0, 0.1) is 5.82 Å². The van der Waals surface area contributed by atoms with Crippen LogP contribution in [0.1, 0.15) is 31.7 Å². The number of rotatable bonds is 4. The molecule has 0 spiro atoms. The van der Waals surface area contributed by atoms with Crippen LogP contribution in [-0.4, -0.2) is 18.0 Å². The van der Waals surface area contributed by atoms with E-state index in [1.54, 1.807) is 36.4 Å². The van der Waals surface area contributed by atoms with Crippen molar-refractivity contribution in [3.05, 3.63) is 66.0 Å². The zero-order valence-corrected chi connectivity index (χ0v) is 15.1. The van der Waals surface area contributed by atoms with Crippen molar-refractivity contribution >= 4 is 28.9 Å². The molecule has 140 valence electrons. The third-order valence-corrected chi connectivity index (χ3v) is 4.40. The molecule has 1 aliphatic carbocycles. The molecule has 0 radical (unpaired) electrons. The van der Waals surface area contributed by atoms with E-state index < -0.39 is 0 Å². The van der Waals surface area contributed by atoms with E-state index in [1.165, 1.54) is 24.6 Å². The number of allylic oxidation sites excluding steroid dienone is 1. The van der Waals surface area contributed by atoms with Crippen molar-refractivity contribution in [2.24, 2.45) is 0 Å². The van der Waals surface area contributed by atoms with Crippen LogP contribution in [-0.2, 0) is 4.79 Å². The van der Waals surface area contributed by atoms with Gasteiger partial charge in [0, 0.05) is 24.3 Å². The third-order valence-electron chi connectivity index (χ3n) is 4.40. The van der Waals surface area contributed by atoms with E-state index in [1.807, 2.05) is 0 Å². The fourth-order valence-corrected chi connectivity index (χ4v) is 3.12. The molecule has 0 heterocycles. The fourth-order valence-electron chi connectivity index (χ4n) is 3.12. The Morgan fingerprint density at radius 1 is 1.04 bits per heavy atom. The molecular weight excluding hydrogens is 345 g/mol. The molecule has 1 unspecified atom stereocenters. The van der Waals surface area contributed by atoms with E-state index in [0.29, 0.717) is 11.4 Å². The van der Waals surface area contributed by atoms with Crippen LogP contribution in [0.2, 0.25) is 0 Å². The second-order valence-corrected chi connectivity index (χ2v) is 6.57. The number of hydrogen-bond donors (Lipinski definition) is 3. The minimum Gasteiger partial charge on any atom is -0.335 e. The Balaban J connectivity index is 1.53. The minimum atomic E-state index is -0.279. The molecule has 2 aromatic carbocycles. The molecule has 0 saturated carbocycles. The Morgan fingerprint density at radius 3 is 2.37 bits per heavy atom. The van der Waals surface area contributed by atoms with Crippen LogP contribution in [0.4, 0.5) is 20.6 Å². The Labute approximate surface area is 157 Å². The van der Waals surface area contributed by atoms with E-state index in [4.69, 9.17) is 0 Å². The maximum atomic E-state index is 13.0. The lowest BCUT2D eigenvalue weighted by Crippen LogP contribution is -2.38. The molecule has 3 rings (SSSR count). The number of carbonyl (C=O) groups excluding carboxylic acids is 2. The highest BCUT2D eigenvalue weighted by Crippen LogP contribution is 2.27. The highest BCUT2D eigenvalue weighted by molar-refractivity contribution is 5.92. The highest BCUT2D eigenvalue weighted by Gasteiger charge is 2.17. The van der Waals surface area contributed by atoms with Crippen molar-refractivity contribution in [2.75, 3.05) is 10.6 Å². The smallest absolute Gasteiger partial charge is 0.319 e. The Morgan fingerprint density at radius 2 is 1.74 bits per heavy atom. The molecule has 0 saturated heterocycles. The van der Waals surface area contributed by atoms with Crippen molar-refractivity contribution in [3.63, 3.8) is 0 Å². The van der Waals surface area contributed by atoms with Gasteiger partial charge in [-0.05, 0) is 60.7 Å². The van der Waals surface area contributed by atoms with Crippen molar-refractivity contribution in [1.82, 2.24) is 5.32 Å². The minimum absolute atomic E-state index is 0.0488. The molecule has 0 fully saturated rings. The van der Waals surface area contributed by atoms with E-state index in [-0.39, 0.29) is 23.8 Å². The van der Waals surface area contributed by atoms with Crippen LogP contribution in [0.15, 0.2) is 54.6 Å². The Bertz CT molecular complexity index is 862. The summed E-state index contributed by atoms with van der Waals surface area (Å²) in [5, 5.41) is 8.44. The molecule has 5 nitrogen and oxygen atoms in total. The van der Waals surface area contributed by atoms with Crippen LogP contribution >= 0.6 is 0 Å². The maximum absolute atomic E-state index is 13.0. The second kappa shape index (κ2) is 8.49. The average molecular weight is 367 g/mol. The van der Waals surface area contributed by atoms with Crippen molar-refractivity contribution in [3.8, 4) is 0 Å². The molecular formula is C21H22FN3O2. The summed E-state index contributed by atoms with van der Waals surface area (Å²) in [4.78, 5) is 23.4. The first-order valence-corrected chi connectivity index (χ1v) is 8.90. The summed E-state index contributed by atoms with van der Waals surface area (Å²) < 4.78 is 13.0. The van der Waals surface area contributed by atoms with Gasteiger partial charge in [-0.1, -0.05) is 24.3 Å². The standard InChI is InChI=1S/C21H22FN3O2/c1-14(26)23-19-3-2-4-20(13-19)25-21(27)24-18-11-7-16(8-12-18)15-5-9-17(22)10-6-15/h2-7,9-10,13,18H,8,11-12H2,1H3,(H,23,26)(H2,24,25,27). The zero-order chi connectivity index (χ0) is 19.2. The first-order valence-electron chi connectivity index (χ1n) is 8.90. The van der Waals surface area contributed by atoms with Crippen LogP contribution in [0.3, 0.4) is 0 Å². The Kier molecular flexibility index (Phi) is 5.86. The average Bonchev–Trinajstić information content (AvgIpc) is 2.63. The molecule has 0 bridgehead atoms. The number of carbonyl (C=O) groups is 2. The van der Waals surface area contributed by atoms with E-state index in [9.17, 15) is 14.0 Å². The van der Waals surface area contributed by atoms with Gasteiger partial charge in [-0.2, -0.15) is 0 Å². The topological polar surface area (TPSA) is 70.2 Å². The molecule has 27 heavy (non-hydrogen) atoms. The summed E-state index contributed by atoms with van der Waals surface area (Å²) >= 11 is 0. The van der Waals surface area contributed by atoms with Gasteiger partial charge in [0.25, 0.3) is 0 Å². The monoisotopic (exact) mass is 367 g/mol. The van der Waals surface area contributed by atoms with Gasteiger partial charge in [0.2, 0.25) is 5.91 Å². The van der Waals surface area contributed by atoms with Gasteiger partial charge in [0.05, 0.1) is 0 Å². The SMILES string of the molecule is CC(=O)Nc1cccc(NC(=O)NC2CC=C(c3ccc(F)cc3)CC2)c1. The normalized spacial score (nSPS) is 16.2. The van der Waals surface area contributed by atoms with Gasteiger partial charge >= 0.3 is 6.03 Å². The zero-order valence-electron chi connectivity index (χ0n) is 15.1. The number of anilines is 2. The van der Waals surface area contributed by atoms with E-state index >= 15 is 0 Å². The number of halogens is 1. The predicted octanol–water partition coefficient (Wildman–Crippen LogP) is 4.54. The Hall–Kier alpha value is -3.15. The van der Waals surface area contributed by atoms with Crippen LogP contribution in [0.5, 0.6) is 0 Å². The molecule has 0 aromatic heterocycles. The predicted molar refractivity (Wildman–Crippen MR) is 105 cm³/mol. The summed E-state index contributed by atoms with van der Waals surface area (Å²) in [5.41, 5.74) is 3.44. The van der Waals surface area contributed by atoms with Crippen molar-refractivity contribution in [1.29, 1.82) is 0 Å². The molecule has 1 aliphatic rings. The number of urea groups is 1. The summed E-state index contributed by atoms with van der Waals surface area (Å²) in [5.74, 6) is -0.406. The van der Waals surface area contributed by atoms with E-state index in [0.717, 1.165) is 24.8 Å². The summed E-state index contributed by atoms with van der Waals surface area (Å²) in [7, 11) is 0. The van der Waals surface area contributed by atoms with Crippen LogP contribution in [0.25, 0.3) is 5.57 Å². The molecule has 2 aromatic rings. The van der Waals surface area contributed by atoms with Crippen LogP contribution < -0.4 is 16.0 Å². The number of amides is 3. The first kappa shape index (κ1) is 18.6. The molecule has 6 heteroatoms. The lowest BCUT2D eigenvalue weighted by molar-refractivity contribution is -0.114. The van der Waals surface area contributed by atoms with Gasteiger partial charge in [-0.25, -0.2) is 9.18 Å². The lowest BCUT2D eigenvalue weighted by Gasteiger charge is -2.23. The molecule has 3 amide bonds. The molecule has 0 aliphatic heterocycles.